The average Bonchev–Trinajstić information content (AvgIpc) is 3.02. The Morgan fingerprint density at radius 2 is 2.23 bits per heavy atom. The quantitative estimate of drug-likeness (QED) is 0.427. The highest BCUT2D eigenvalue weighted by Crippen LogP contribution is 2.32. The second kappa shape index (κ2) is 6.41. The molecule has 0 aliphatic carbocycles. The number of rotatable bonds is 4. The van der Waals surface area contributed by atoms with Crippen LogP contribution in [0, 0.1) is 0 Å². The molecule has 1 atom stereocenters. The fraction of sp³-hybridized carbons (Fsp3) is 0.235. The number of hydrogen-bond acceptors (Lipinski definition) is 7. The molecule has 3 aromatic rings. The van der Waals surface area contributed by atoms with Crippen molar-refractivity contribution in [3.8, 4) is 5.75 Å². The van der Waals surface area contributed by atoms with Crippen LogP contribution >= 0.6 is 11.8 Å². The number of anilines is 1. The van der Waals surface area contributed by atoms with Gasteiger partial charge in [0.1, 0.15) is 17.1 Å². The SMILES string of the molecule is CC(Sc1ncnc2c1cnn2C)C(=O)c1ccc2c(c1)NC(=O)CO2. The number of thioether (sulfide) groups is 1. The Morgan fingerprint density at radius 1 is 1.38 bits per heavy atom. The van der Waals surface area contributed by atoms with E-state index in [9.17, 15) is 9.59 Å². The molecule has 1 aromatic carbocycles. The van der Waals surface area contributed by atoms with Gasteiger partial charge in [0, 0.05) is 12.6 Å². The molecular formula is C17H15N5O3S. The summed E-state index contributed by atoms with van der Waals surface area (Å²) in [4.78, 5) is 32.8. The zero-order valence-electron chi connectivity index (χ0n) is 14.1. The zero-order chi connectivity index (χ0) is 18.3. The first-order chi connectivity index (χ1) is 12.5. The van der Waals surface area contributed by atoms with Crippen LogP contribution in [0.15, 0.2) is 35.7 Å². The lowest BCUT2D eigenvalue weighted by Crippen LogP contribution is -2.25. The van der Waals surface area contributed by atoms with E-state index in [2.05, 4.69) is 20.4 Å². The van der Waals surface area contributed by atoms with Crippen LogP contribution < -0.4 is 10.1 Å². The van der Waals surface area contributed by atoms with E-state index in [1.54, 1.807) is 29.1 Å². The van der Waals surface area contributed by atoms with Gasteiger partial charge in [-0.3, -0.25) is 14.3 Å². The number of amides is 1. The lowest BCUT2D eigenvalue weighted by atomic mass is 10.1. The molecule has 9 heteroatoms. The van der Waals surface area contributed by atoms with E-state index in [-0.39, 0.29) is 23.5 Å². The molecule has 3 heterocycles. The van der Waals surface area contributed by atoms with E-state index in [4.69, 9.17) is 4.74 Å². The molecule has 1 amide bonds. The summed E-state index contributed by atoms with van der Waals surface area (Å²) in [6, 6.07) is 5.05. The maximum absolute atomic E-state index is 12.8. The Kier molecular flexibility index (Phi) is 4.08. The van der Waals surface area contributed by atoms with Crippen LogP contribution in [0.1, 0.15) is 17.3 Å². The first kappa shape index (κ1) is 16.5. The highest BCUT2D eigenvalue weighted by Gasteiger charge is 2.22. The zero-order valence-corrected chi connectivity index (χ0v) is 14.9. The summed E-state index contributed by atoms with van der Waals surface area (Å²) in [6.45, 7) is 1.81. The van der Waals surface area contributed by atoms with Crippen molar-refractivity contribution >= 4 is 40.2 Å². The third kappa shape index (κ3) is 2.90. The van der Waals surface area contributed by atoms with Crippen LogP contribution in [0.25, 0.3) is 11.0 Å². The fourth-order valence-corrected chi connectivity index (χ4v) is 3.68. The standard InChI is InChI=1S/C17H15N5O3S/c1-9(26-17-11-6-20-22(2)16(11)18-8-19-17)15(24)10-3-4-13-12(5-10)21-14(23)7-25-13/h3-6,8-9H,7H2,1-2H3,(H,21,23). The number of nitrogens with one attached hydrogen (secondary N) is 1. The second-order valence-electron chi connectivity index (χ2n) is 5.86. The van der Waals surface area contributed by atoms with E-state index in [0.717, 1.165) is 11.0 Å². The Hall–Kier alpha value is -2.94. The molecule has 132 valence electrons. The van der Waals surface area contributed by atoms with Crippen molar-refractivity contribution in [2.75, 3.05) is 11.9 Å². The van der Waals surface area contributed by atoms with Crippen molar-refractivity contribution in [1.82, 2.24) is 19.7 Å². The van der Waals surface area contributed by atoms with Gasteiger partial charge in [-0.15, -0.1) is 0 Å². The Labute approximate surface area is 153 Å². The van der Waals surface area contributed by atoms with Gasteiger partial charge < -0.3 is 10.1 Å². The van der Waals surface area contributed by atoms with Gasteiger partial charge in [-0.2, -0.15) is 5.10 Å². The summed E-state index contributed by atoms with van der Waals surface area (Å²) in [5.74, 6) is 0.270. The van der Waals surface area contributed by atoms with Crippen LogP contribution in [-0.4, -0.2) is 43.3 Å². The van der Waals surface area contributed by atoms with Gasteiger partial charge in [0.2, 0.25) is 0 Å². The summed E-state index contributed by atoms with van der Waals surface area (Å²) in [5, 5.41) is 8.05. The fourth-order valence-electron chi connectivity index (χ4n) is 2.73. The van der Waals surface area contributed by atoms with Crippen molar-refractivity contribution in [3.63, 3.8) is 0 Å². The molecule has 0 spiro atoms. The minimum absolute atomic E-state index is 0.0125. The van der Waals surface area contributed by atoms with Gasteiger partial charge in [0.25, 0.3) is 5.91 Å². The molecule has 1 unspecified atom stereocenters. The topological polar surface area (TPSA) is 99.0 Å². The number of Topliss-reactive ketones (excluding diaryl/α,β-unsaturated/α-hetero) is 1. The number of hydrogen-bond donors (Lipinski definition) is 1. The molecule has 1 N–H and O–H groups in total. The minimum Gasteiger partial charge on any atom is -0.482 e. The summed E-state index contributed by atoms with van der Waals surface area (Å²) < 4.78 is 6.99. The second-order valence-corrected chi connectivity index (χ2v) is 7.19. The molecular weight excluding hydrogens is 354 g/mol. The first-order valence-electron chi connectivity index (χ1n) is 7.93. The molecule has 1 aliphatic heterocycles. The lowest BCUT2D eigenvalue weighted by molar-refractivity contribution is -0.118. The molecule has 26 heavy (non-hydrogen) atoms. The molecule has 2 aromatic heterocycles. The van der Waals surface area contributed by atoms with Crippen LogP contribution in [0.5, 0.6) is 5.75 Å². The van der Waals surface area contributed by atoms with Crippen molar-refractivity contribution in [2.45, 2.75) is 17.2 Å². The third-order valence-electron chi connectivity index (χ3n) is 4.05. The highest BCUT2D eigenvalue weighted by atomic mass is 32.2. The van der Waals surface area contributed by atoms with Gasteiger partial charge in [0.15, 0.2) is 18.0 Å². The average molecular weight is 369 g/mol. The Balaban J connectivity index is 1.58. The van der Waals surface area contributed by atoms with Crippen LogP contribution in [-0.2, 0) is 11.8 Å². The van der Waals surface area contributed by atoms with E-state index in [1.807, 2.05) is 14.0 Å². The van der Waals surface area contributed by atoms with E-state index in [1.165, 1.54) is 18.1 Å². The third-order valence-corrected chi connectivity index (χ3v) is 5.16. The predicted molar refractivity (Wildman–Crippen MR) is 96.5 cm³/mol. The molecule has 0 fully saturated rings. The maximum Gasteiger partial charge on any atom is 0.262 e. The number of carbonyl (C=O) groups is 2. The van der Waals surface area contributed by atoms with Gasteiger partial charge in [-0.25, -0.2) is 9.97 Å². The number of benzene rings is 1. The van der Waals surface area contributed by atoms with Gasteiger partial charge >= 0.3 is 0 Å². The Morgan fingerprint density at radius 3 is 3.08 bits per heavy atom. The molecule has 0 saturated heterocycles. The van der Waals surface area contributed by atoms with Gasteiger partial charge in [0.05, 0.1) is 22.5 Å². The van der Waals surface area contributed by atoms with Gasteiger partial charge in [-0.05, 0) is 25.1 Å². The number of nitrogens with zero attached hydrogens (tertiary/aromatic N) is 4. The summed E-state index contributed by atoms with van der Waals surface area (Å²) in [7, 11) is 1.81. The molecule has 4 rings (SSSR count). The van der Waals surface area contributed by atoms with Crippen molar-refractivity contribution in [1.29, 1.82) is 0 Å². The lowest BCUT2D eigenvalue weighted by Gasteiger charge is -2.19. The first-order valence-corrected chi connectivity index (χ1v) is 8.81. The number of carbonyl (C=O) groups excluding carboxylic acids is 2. The largest absolute Gasteiger partial charge is 0.482 e. The van der Waals surface area contributed by atoms with Crippen molar-refractivity contribution < 1.29 is 14.3 Å². The van der Waals surface area contributed by atoms with Gasteiger partial charge in [-0.1, -0.05) is 11.8 Å². The van der Waals surface area contributed by atoms with Crippen LogP contribution in [0.3, 0.4) is 0 Å². The normalized spacial score (nSPS) is 14.5. The van der Waals surface area contributed by atoms with Crippen LogP contribution in [0.2, 0.25) is 0 Å². The Bertz CT molecular complexity index is 1030. The predicted octanol–water partition coefficient (Wildman–Crippen LogP) is 2.06. The highest BCUT2D eigenvalue weighted by molar-refractivity contribution is 8.00. The number of aryl methyl sites for hydroxylation is 1. The maximum atomic E-state index is 12.8. The van der Waals surface area contributed by atoms with E-state index < -0.39 is 0 Å². The van der Waals surface area contributed by atoms with E-state index >= 15 is 0 Å². The van der Waals surface area contributed by atoms with E-state index in [0.29, 0.717) is 22.0 Å². The molecule has 0 saturated carbocycles. The monoisotopic (exact) mass is 369 g/mol. The smallest absolute Gasteiger partial charge is 0.262 e. The van der Waals surface area contributed by atoms with Crippen molar-refractivity contribution in [2.24, 2.45) is 7.05 Å². The number of ether oxygens (including phenoxy) is 1. The minimum atomic E-state index is -0.369. The molecule has 8 nitrogen and oxygen atoms in total. The van der Waals surface area contributed by atoms with Crippen molar-refractivity contribution in [3.05, 3.63) is 36.3 Å². The molecule has 1 aliphatic rings. The number of fused-ring (bicyclic) bond motifs is 2. The number of ketones is 1. The number of aromatic nitrogens is 4. The molecule has 0 radical (unpaired) electrons. The summed E-state index contributed by atoms with van der Waals surface area (Å²) >= 11 is 1.35. The summed E-state index contributed by atoms with van der Waals surface area (Å²) in [6.07, 6.45) is 3.16. The summed E-state index contributed by atoms with van der Waals surface area (Å²) in [5.41, 5.74) is 1.74. The van der Waals surface area contributed by atoms with Crippen LogP contribution in [0.4, 0.5) is 5.69 Å². The molecule has 0 bridgehead atoms.